The van der Waals surface area contributed by atoms with Gasteiger partial charge in [-0.05, 0) is 55.3 Å². The summed E-state index contributed by atoms with van der Waals surface area (Å²) in [4.78, 5) is 12.6. The van der Waals surface area contributed by atoms with Crippen molar-refractivity contribution in [3.63, 3.8) is 0 Å². The lowest BCUT2D eigenvalue weighted by molar-refractivity contribution is -0.116. The molecule has 0 bridgehead atoms. The maximum Gasteiger partial charge on any atom is 0.246 e. The Bertz CT molecular complexity index is 1220. The van der Waals surface area contributed by atoms with Crippen molar-refractivity contribution in [2.45, 2.75) is 29.1 Å². The minimum Gasteiger partial charge on any atom is -0.497 e. The summed E-state index contributed by atoms with van der Waals surface area (Å²) in [7, 11) is -3.58. The molecule has 0 aromatic heterocycles. The molecule has 0 aliphatic carbocycles. The molecule has 1 fully saturated rings. The highest BCUT2D eigenvalue weighted by Crippen LogP contribution is 2.31. The molecule has 12 heteroatoms. The second-order valence-electron chi connectivity index (χ2n) is 7.82. The lowest BCUT2D eigenvalue weighted by Gasteiger charge is -2.26. The van der Waals surface area contributed by atoms with Gasteiger partial charge in [0.15, 0.2) is 0 Å². The molecule has 1 aliphatic rings. The molecule has 3 rings (SSSR count). The largest absolute Gasteiger partial charge is 0.497 e. The van der Waals surface area contributed by atoms with Gasteiger partial charge in [0.05, 0.1) is 25.7 Å². The number of nitrogens with one attached hydrogen (secondary N) is 1. The fourth-order valence-corrected chi connectivity index (χ4v) is 6.44. The van der Waals surface area contributed by atoms with Crippen LogP contribution < -0.4 is 14.8 Å². The fraction of sp³-hybridized carbons (Fsp3) is 0.409. The molecule has 186 valence electrons. The maximum atomic E-state index is 13.2. The van der Waals surface area contributed by atoms with E-state index in [0.29, 0.717) is 18.8 Å². The molecule has 1 aliphatic heterocycles. The predicted octanol–water partition coefficient (Wildman–Crippen LogP) is 2.14. The summed E-state index contributed by atoms with van der Waals surface area (Å²) in [6.07, 6.45) is 2.55. The Morgan fingerprint density at radius 2 is 1.62 bits per heavy atom. The van der Waals surface area contributed by atoms with Crippen LogP contribution in [0.5, 0.6) is 11.5 Å². The molecule has 1 saturated heterocycles. The van der Waals surface area contributed by atoms with Crippen LogP contribution in [0.25, 0.3) is 0 Å². The molecule has 2 aromatic carbocycles. The van der Waals surface area contributed by atoms with Crippen LogP contribution in [0.1, 0.15) is 19.3 Å². The third-order valence-corrected chi connectivity index (χ3v) is 9.25. The molecular formula is C22H29N3O7S2. The van der Waals surface area contributed by atoms with Gasteiger partial charge in [-0.15, -0.1) is 0 Å². The summed E-state index contributed by atoms with van der Waals surface area (Å²) in [6.45, 7) is 0.390. The summed E-state index contributed by atoms with van der Waals surface area (Å²) < 4.78 is 64.4. The first-order valence-electron chi connectivity index (χ1n) is 10.7. The van der Waals surface area contributed by atoms with E-state index in [4.69, 9.17) is 9.47 Å². The zero-order chi connectivity index (χ0) is 24.9. The minimum absolute atomic E-state index is 0.0166. The number of piperidine rings is 1. The summed E-state index contributed by atoms with van der Waals surface area (Å²) in [6, 6.07) is 10.1. The molecule has 0 unspecified atom stereocenters. The van der Waals surface area contributed by atoms with Crippen LogP contribution in [0, 0.1) is 0 Å². The second kappa shape index (κ2) is 10.7. The number of nitrogens with zero attached hydrogens (tertiary/aromatic N) is 2. The molecule has 0 saturated carbocycles. The quantitative estimate of drug-likeness (QED) is 0.547. The lowest BCUT2D eigenvalue weighted by Crippen LogP contribution is -2.36. The van der Waals surface area contributed by atoms with Crippen molar-refractivity contribution in [2.24, 2.45) is 0 Å². The number of hydrogen-bond acceptors (Lipinski definition) is 7. The molecule has 1 amide bonds. The van der Waals surface area contributed by atoms with Crippen LogP contribution in [0.4, 0.5) is 5.69 Å². The molecular weight excluding hydrogens is 482 g/mol. The monoisotopic (exact) mass is 511 g/mol. The SMILES string of the molecule is COc1ccc(S(=O)(=O)N(C)CC(=O)Nc2ccc(OC)c(S(=O)(=O)N3CCCCC3)c2)cc1. The molecule has 1 heterocycles. The van der Waals surface area contributed by atoms with Gasteiger partial charge in [-0.3, -0.25) is 4.79 Å². The summed E-state index contributed by atoms with van der Waals surface area (Å²) in [5.41, 5.74) is 0.219. The Morgan fingerprint density at radius 1 is 0.971 bits per heavy atom. The number of anilines is 1. The van der Waals surface area contributed by atoms with Gasteiger partial charge in [0.25, 0.3) is 0 Å². The fourth-order valence-electron chi connectivity index (χ4n) is 3.62. The topological polar surface area (TPSA) is 122 Å². The normalized spacial score (nSPS) is 15.2. The Morgan fingerprint density at radius 3 is 2.21 bits per heavy atom. The van der Waals surface area contributed by atoms with E-state index in [1.807, 2.05) is 0 Å². The van der Waals surface area contributed by atoms with Gasteiger partial charge < -0.3 is 14.8 Å². The highest BCUT2D eigenvalue weighted by molar-refractivity contribution is 7.89. The number of benzene rings is 2. The van der Waals surface area contributed by atoms with Gasteiger partial charge in [-0.1, -0.05) is 6.42 Å². The Kier molecular flexibility index (Phi) is 8.18. The van der Waals surface area contributed by atoms with Crippen molar-refractivity contribution < 1.29 is 31.1 Å². The number of methoxy groups -OCH3 is 2. The maximum absolute atomic E-state index is 13.2. The predicted molar refractivity (Wildman–Crippen MR) is 127 cm³/mol. The summed E-state index contributed by atoms with van der Waals surface area (Å²) in [5, 5.41) is 2.58. The van der Waals surface area contributed by atoms with Gasteiger partial charge in [0, 0.05) is 25.8 Å². The van der Waals surface area contributed by atoms with E-state index in [-0.39, 0.29) is 21.2 Å². The number of sulfonamides is 2. The van der Waals surface area contributed by atoms with E-state index in [1.165, 1.54) is 68.0 Å². The molecule has 34 heavy (non-hydrogen) atoms. The first-order chi connectivity index (χ1) is 16.1. The van der Waals surface area contributed by atoms with E-state index in [9.17, 15) is 21.6 Å². The van der Waals surface area contributed by atoms with E-state index < -0.39 is 32.5 Å². The number of rotatable bonds is 9. The lowest BCUT2D eigenvalue weighted by atomic mass is 10.2. The van der Waals surface area contributed by atoms with Crippen LogP contribution in [0.2, 0.25) is 0 Å². The Hall–Kier alpha value is -2.67. The van der Waals surface area contributed by atoms with Crippen LogP contribution in [-0.2, 0) is 24.8 Å². The Labute approximate surface area is 200 Å². The minimum atomic E-state index is -3.91. The molecule has 1 N–H and O–H groups in total. The van der Waals surface area contributed by atoms with Gasteiger partial charge in [0.2, 0.25) is 26.0 Å². The Balaban J connectivity index is 1.76. The highest BCUT2D eigenvalue weighted by atomic mass is 32.2. The average Bonchev–Trinajstić information content (AvgIpc) is 2.84. The first kappa shape index (κ1) is 25.9. The molecule has 0 radical (unpaired) electrons. The van der Waals surface area contributed by atoms with Gasteiger partial charge in [-0.2, -0.15) is 8.61 Å². The van der Waals surface area contributed by atoms with Crippen molar-refractivity contribution in [3.05, 3.63) is 42.5 Å². The third-order valence-electron chi connectivity index (χ3n) is 5.51. The number of hydrogen-bond donors (Lipinski definition) is 1. The third kappa shape index (κ3) is 5.69. The molecule has 0 spiro atoms. The number of ether oxygens (including phenoxy) is 2. The van der Waals surface area contributed by atoms with Gasteiger partial charge in [-0.25, -0.2) is 16.8 Å². The standard InChI is InChI=1S/C22H29N3O7S2/c1-24(33(27,28)19-10-8-18(31-2)9-11-19)16-22(26)23-17-7-12-20(32-3)21(15-17)34(29,30)25-13-5-4-6-14-25/h7-12,15H,4-6,13-14,16H2,1-3H3,(H,23,26). The van der Waals surface area contributed by atoms with Crippen LogP contribution >= 0.6 is 0 Å². The number of carbonyl (C=O) groups is 1. The molecule has 2 aromatic rings. The van der Waals surface area contributed by atoms with Crippen LogP contribution in [0.15, 0.2) is 52.3 Å². The number of amides is 1. The van der Waals surface area contributed by atoms with E-state index in [1.54, 1.807) is 0 Å². The molecule has 0 atom stereocenters. The zero-order valence-corrected chi connectivity index (χ0v) is 21.0. The highest BCUT2D eigenvalue weighted by Gasteiger charge is 2.29. The molecule has 10 nitrogen and oxygen atoms in total. The summed E-state index contributed by atoms with van der Waals surface area (Å²) in [5.74, 6) is 0.0583. The van der Waals surface area contributed by atoms with Crippen molar-refractivity contribution in [3.8, 4) is 11.5 Å². The van der Waals surface area contributed by atoms with Crippen LogP contribution in [0.3, 0.4) is 0 Å². The van der Waals surface area contributed by atoms with Gasteiger partial charge >= 0.3 is 0 Å². The summed E-state index contributed by atoms with van der Waals surface area (Å²) >= 11 is 0. The van der Waals surface area contributed by atoms with E-state index >= 15 is 0 Å². The van der Waals surface area contributed by atoms with Crippen molar-refractivity contribution in [1.82, 2.24) is 8.61 Å². The van der Waals surface area contributed by atoms with Crippen molar-refractivity contribution in [2.75, 3.05) is 46.2 Å². The van der Waals surface area contributed by atoms with Crippen molar-refractivity contribution in [1.29, 1.82) is 0 Å². The average molecular weight is 512 g/mol. The second-order valence-corrected chi connectivity index (χ2v) is 11.8. The van der Waals surface area contributed by atoms with Crippen LogP contribution in [-0.4, -0.2) is 72.3 Å². The number of carbonyl (C=O) groups excluding carboxylic acids is 1. The van der Waals surface area contributed by atoms with Gasteiger partial charge in [0.1, 0.15) is 16.4 Å². The van der Waals surface area contributed by atoms with E-state index in [2.05, 4.69) is 5.32 Å². The van der Waals surface area contributed by atoms with E-state index in [0.717, 1.165) is 23.6 Å². The zero-order valence-electron chi connectivity index (χ0n) is 19.4. The number of likely N-dealkylation sites (N-methyl/N-ethyl adjacent to an activating group) is 1. The smallest absolute Gasteiger partial charge is 0.246 e. The first-order valence-corrected chi connectivity index (χ1v) is 13.6. The van der Waals surface area contributed by atoms with Crippen molar-refractivity contribution >= 4 is 31.6 Å².